The number of aliphatic hydroxyl groups excluding tert-OH is 1. The van der Waals surface area contributed by atoms with Crippen molar-refractivity contribution in [2.75, 3.05) is 20.2 Å². The number of halogens is 1. The van der Waals surface area contributed by atoms with Crippen LogP contribution in [0.4, 0.5) is 0 Å². The molecular weight excluding hydrogens is 442 g/mol. The Kier molecular flexibility index (Phi) is 10.3. The summed E-state index contributed by atoms with van der Waals surface area (Å²) in [5.41, 5.74) is 0.943. The van der Waals surface area contributed by atoms with Crippen molar-refractivity contribution < 1.29 is 36.1 Å². The monoisotopic (exact) mass is 481 g/mol. The molecule has 2 aliphatic rings. The van der Waals surface area contributed by atoms with Gasteiger partial charge in [0.1, 0.15) is 6.10 Å². The highest BCUT2D eigenvalue weighted by Gasteiger charge is 2.52. The minimum atomic E-state index is -0.361. The van der Waals surface area contributed by atoms with E-state index in [0.717, 1.165) is 18.4 Å². The number of ether oxygens (including phenoxy) is 1. The van der Waals surface area contributed by atoms with Crippen molar-refractivity contribution in [3.63, 3.8) is 0 Å². The molecule has 1 aromatic rings. The third-order valence-electron chi connectivity index (χ3n) is 7.50. The van der Waals surface area contributed by atoms with Gasteiger partial charge in [-0.2, -0.15) is 0 Å². The smallest absolute Gasteiger partial charge is 0.313 e. The van der Waals surface area contributed by atoms with Crippen LogP contribution < -0.4 is 17.0 Å². The van der Waals surface area contributed by atoms with E-state index >= 15 is 0 Å². The van der Waals surface area contributed by atoms with E-state index in [9.17, 15) is 9.90 Å². The molecule has 0 aliphatic carbocycles. The first-order valence-electron chi connectivity index (χ1n) is 11.8. The number of nitrogens with zero attached hydrogens (tertiary/aromatic N) is 1. The molecule has 2 saturated heterocycles. The Bertz CT molecular complexity index is 625. The molecule has 3 rings (SSSR count). The number of hydrogen-bond acceptors (Lipinski definition) is 3. The molecule has 0 aromatic heterocycles. The van der Waals surface area contributed by atoms with Crippen LogP contribution in [0.3, 0.4) is 0 Å². The Morgan fingerprint density at radius 1 is 1.10 bits per heavy atom. The number of benzene rings is 1. The fourth-order valence-corrected chi connectivity index (χ4v) is 5.69. The van der Waals surface area contributed by atoms with E-state index in [4.69, 9.17) is 4.74 Å². The Morgan fingerprint density at radius 3 is 2.33 bits per heavy atom. The molecule has 0 amide bonds. The molecular formula is C25H40BrNO3. The van der Waals surface area contributed by atoms with Gasteiger partial charge in [0.05, 0.1) is 31.6 Å². The van der Waals surface area contributed by atoms with Crippen LogP contribution in [0.2, 0.25) is 0 Å². The summed E-state index contributed by atoms with van der Waals surface area (Å²) in [6.45, 7) is 3.54. The van der Waals surface area contributed by atoms with Gasteiger partial charge in [-0.1, -0.05) is 56.5 Å². The Balaban J connectivity index is 0.00000320. The standard InChI is InChI=1S/C25H40NO3.BrH/c1-3-4-5-6-10-16-26(2)21-13-14-22(26)19-23(18-21)29-25(28)24(15-17-27)20-11-8-7-9-12-20;/h7-9,11-12,21-24,27H,3-6,10,13-19H2,1-2H3;1H/q+1;/p-1. The number of quaternary nitrogens is 1. The number of piperidine rings is 1. The molecule has 2 bridgehead atoms. The Hall–Kier alpha value is -0.910. The maximum absolute atomic E-state index is 12.9. The van der Waals surface area contributed by atoms with Crippen molar-refractivity contribution in [2.24, 2.45) is 0 Å². The number of aliphatic hydroxyl groups is 1. The van der Waals surface area contributed by atoms with E-state index in [2.05, 4.69) is 14.0 Å². The molecule has 1 N–H and O–H groups in total. The number of hydrogen-bond donors (Lipinski definition) is 1. The molecule has 3 atom stereocenters. The minimum absolute atomic E-state index is 0. The van der Waals surface area contributed by atoms with Crippen LogP contribution in [-0.4, -0.2) is 53.9 Å². The number of carbonyl (C=O) groups is 1. The maximum Gasteiger partial charge on any atom is 0.313 e. The lowest BCUT2D eigenvalue weighted by Gasteiger charge is -2.47. The summed E-state index contributed by atoms with van der Waals surface area (Å²) in [6.07, 6.45) is 11.7. The van der Waals surface area contributed by atoms with Crippen LogP contribution in [0.15, 0.2) is 30.3 Å². The van der Waals surface area contributed by atoms with Gasteiger partial charge in [-0.05, 0) is 24.8 Å². The lowest BCUT2D eigenvalue weighted by atomic mass is 9.94. The van der Waals surface area contributed by atoms with Crippen LogP contribution in [0.5, 0.6) is 0 Å². The van der Waals surface area contributed by atoms with Crippen molar-refractivity contribution in [2.45, 2.75) is 95.2 Å². The van der Waals surface area contributed by atoms with Gasteiger partial charge in [0, 0.05) is 32.3 Å². The molecule has 2 aliphatic heterocycles. The summed E-state index contributed by atoms with van der Waals surface area (Å²) in [5.74, 6) is -0.523. The average Bonchev–Trinajstić information content (AvgIpc) is 2.89. The predicted molar refractivity (Wildman–Crippen MR) is 117 cm³/mol. The normalized spacial score (nSPS) is 28.6. The summed E-state index contributed by atoms with van der Waals surface area (Å²) in [6, 6.07) is 11.0. The SMILES string of the molecule is CCCCCCC[N+]1(C)C2CCC1CC(OC(=O)C(CCO)c1ccccc1)C2.[Br-]. The first-order valence-corrected chi connectivity index (χ1v) is 11.8. The average molecular weight is 483 g/mol. The zero-order chi connectivity index (χ0) is 20.7. The molecule has 30 heavy (non-hydrogen) atoms. The van der Waals surface area contributed by atoms with E-state index in [1.54, 1.807) is 0 Å². The molecule has 2 fully saturated rings. The van der Waals surface area contributed by atoms with Gasteiger partial charge in [-0.15, -0.1) is 0 Å². The van der Waals surface area contributed by atoms with Crippen molar-refractivity contribution in [3.05, 3.63) is 35.9 Å². The number of carbonyl (C=O) groups excluding carboxylic acids is 1. The van der Waals surface area contributed by atoms with Gasteiger partial charge >= 0.3 is 5.97 Å². The molecule has 0 radical (unpaired) electrons. The Labute approximate surface area is 193 Å². The maximum atomic E-state index is 12.9. The van der Waals surface area contributed by atoms with E-state index in [-0.39, 0.29) is 41.6 Å². The highest BCUT2D eigenvalue weighted by Crippen LogP contribution is 2.43. The zero-order valence-corrected chi connectivity index (χ0v) is 20.4. The quantitative estimate of drug-likeness (QED) is 0.297. The highest BCUT2D eigenvalue weighted by atomic mass is 79.9. The van der Waals surface area contributed by atoms with Gasteiger partial charge in [0.25, 0.3) is 0 Å². The molecule has 4 nitrogen and oxygen atoms in total. The van der Waals surface area contributed by atoms with E-state index in [1.807, 2.05) is 30.3 Å². The molecule has 2 heterocycles. The molecule has 170 valence electrons. The third-order valence-corrected chi connectivity index (χ3v) is 7.50. The van der Waals surface area contributed by atoms with E-state index in [1.165, 1.54) is 56.0 Å². The van der Waals surface area contributed by atoms with Gasteiger partial charge in [-0.3, -0.25) is 4.79 Å². The van der Waals surface area contributed by atoms with Crippen LogP contribution in [0, 0.1) is 0 Å². The molecule has 3 unspecified atom stereocenters. The Morgan fingerprint density at radius 2 is 1.73 bits per heavy atom. The second-order valence-corrected chi connectivity index (χ2v) is 9.38. The number of rotatable bonds is 11. The summed E-state index contributed by atoms with van der Waals surface area (Å²) in [7, 11) is 2.44. The zero-order valence-electron chi connectivity index (χ0n) is 18.8. The van der Waals surface area contributed by atoms with Crippen molar-refractivity contribution in [3.8, 4) is 0 Å². The lowest BCUT2D eigenvalue weighted by Crippen LogP contribution is -3.00. The van der Waals surface area contributed by atoms with Crippen LogP contribution in [-0.2, 0) is 9.53 Å². The van der Waals surface area contributed by atoms with Crippen LogP contribution >= 0.6 is 0 Å². The van der Waals surface area contributed by atoms with Crippen molar-refractivity contribution >= 4 is 5.97 Å². The lowest BCUT2D eigenvalue weighted by molar-refractivity contribution is -0.949. The van der Waals surface area contributed by atoms with E-state index < -0.39 is 0 Å². The van der Waals surface area contributed by atoms with Gasteiger partial charge in [0.15, 0.2) is 0 Å². The molecule has 0 saturated carbocycles. The minimum Gasteiger partial charge on any atom is -1.00 e. The van der Waals surface area contributed by atoms with E-state index in [0.29, 0.717) is 18.5 Å². The second-order valence-electron chi connectivity index (χ2n) is 9.38. The first-order chi connectivity index (χ1) is 14.1. The second kappa shape index (κ2) is 12.2. The predicted octanol–water partition coefficient (Wildman–Crippen LogP) is 1.81. The fraction of sp³-hybridized carbons (Fsp3) is 0.720. The topological polar surface area (TPSA) is 46.5 Å². The van der Waals surface area contributed by atoms with Crippen LogP contribution in [0.1, 0.15) is 82.6 Å². The summed E-state index contributed by atoms with van der Waals surface area (Å²) < 4.78 is 7.23. The molecule has 0 spiro atoms. The van der Waals surface area contributed by atoms with Crippen molar-refractivity contribution in [1.82, 2.24) is 0 Å². The van der Waals surface area contributed by atoms with Gasteiger partial charge in [0.2, 0.25) is 0 Å². The fourth-order valence-electron chi connectivity index (χ4n) is 5.69. The largest absolute Gasteiger partial charge is 1.00 e. The first kappa shape index (κ1) is 25.4. The van der Waals surface area contributed by atoms with Crippen molar-refractivity contribution in [1.29, 1.82) is 0 Å². The molecule has 1 aromatic carbocycles. The summed E-state index contributed by atoms with van der Waals surface area (Å²) >= 11 is 0. The summed E-state index contributed by atoms with van der Waals surface area (Å²) in [5, 5.41) is 9.44. The highest BCUT2D eigenvalue weighted by molar-refractivity contribution is 5.78. The number of esters is 1. The number of unbranched alkanes of at least 4 members (excludes halogenated alkanes) is 4. The number of fused-ring (bicyclic) bond motifs is 2. The van der Waals surface area contributed by atoms with Gasteiger partial charge in [-0.25, -0.2) is 0 Å². The molecule has 5 heteroatoms. The van der Waals surface area contributed by atoms with Crippen LogP contribution in [0.25, 0.3) is 0 Å². The third kappa shape index (κ3) is 6.08. The van der Waals surface area contributed by atoms with Gasteiger partial charge < -0.3 is 31.3 Å². The summed E-state index contributed by atoms with van der Waals surface area (Å²) in [4.78, 5) is 12.9.